The van der Waals surface area contributed by atoms with Crippen molar-refractivity contribution in [2.75, 3.05) is 6.54 Å². The number of aliphatic carboxylic acids is 1. The van der Waals surface area contributed by atoms with Crippen molar-refractivity contribution in [2.24, 2.45) is 0 Å². The summed E-state index contributed by atoms with van der Waals surface area (Å²) in [6.45, 7) is 5.15. The van der Waals surface area contributed by atoms with Gasteiger partial charge in [0.2, 0.25) is 10.0 Å². The largest absolute Gasteiger partial charge is 0.480 e. The molecule has 2 rings (SSSR count). The third-order valence-corrected chi connectivity index (χ3v) is 6.25. The Labute approximate surface area is 118 Å². The predicted octanol–water partition coefficient (Wildman–Crippen LogP) is 1.04. The topological polar surface area (TPSA) is 103 Å². The molecular weight excluding hydrogens is 282 g/mol. The highest BCUT2D eigenvalue weighted by Gasteiger charge is 2.52. The molecule has 0 bridgehead atoms. The van der Waals surface area contributed by atoms with Gasteiger partial charge in [-0.15, -0.1) is 0 Å². The third kappa shape index (κ3) is 1.94. The number of nitrogens with zero attached hydrogens (tertiary/aromatic N) is 2. The summed E-state index contributed by atoms with van der Waals surface area (Å²) < 4.78 is 26.8. The Bertz CT molecular complexity index is 618. The average Bonchev–Trinajstić information content (AvgIpc) is 2.94. The molecule has 1 unspecified atom stereocenters. The fourth-order valence-corrected chi connectivity index (χ4v) is 5.15. The van der Waals surface area contributed by atoms with Crippen LogP contribution in [0.25, 0.3) is 0 Å². The average molecular weight is 301 g/mol. The summed E-state index contributed by atoms with van der Waals surface area (Å²) in [6.07, 6.45) is 1.14. The molecule has 1 atom stereocenters. The zero-order valence-electron chi connectivity index (χ0n) is 11.8. The normalized spacial score (nSPS) is 24.1. The smallest absolute Gasteiger partial charge is 0.325 e. The lowest BCUT2D eigenvalue weighted by molar-refractivity contribution is -0.147. The summed E-state index contributed by atoms with van der Waals surface area (Å²) in [5, 5.41) is 16.0. The van der Waals surface area contributed by atoms with Crippen LogP contribution in [-0.4, -0.2) is 46.1 Å². The van der Waals surface area contributed by atoms with Crippen LogP contribution in [0.4, 0.5) is 0 Å². The first-order valence-electron chi connectivity index (χ1n) is 6.55. The number of hydrogen-bond acceptors (Lipinski definition) is 4. The van der Waals surface area contributed by atoms with Gasteiger partial charge in [0.05, 0.1) is 11.4 Å². The van der Waals surface area contributed by atoms with E-state index in [9.17, 15) is 18.3 Å². The summed E-state index contributed by atoms with van der Waals surface area (Å²) in [7, 11) is -3.86. The van der Waals surface area contributed by atoms with Crippen LogP contribution < -0.4 is 0 Å². The molecule has 1 aliphatic rings. The summed E-state index contributed by atoms with van der Waals surface area (Å²) in [4.78, 5) is 11.7. The number of sulfonamides is 1. The van der Waals surface area contributed by atoms with Crippen LogP contribution >= 0.6 is 0 Å². The van der Waals surface area contributed by atoms with E-state index >= 15 is 0 Å². The molecule has 8 heteroatoms. The van der Waals surface area contributed by atoms with Gasteiger partial charge in [0.15, 0.2) is 0 Å². The highest BCUT2D eigenvalue weighted by molar-refractivity contribution is 7.89. The number of nitrogens with one attached hydrogen (secondary N) is 1. The second kappa shape index (κ2) is 4.85. The summed E-state index contributed by atoms with van der Waals surface area (Å²) >= 11 is 0. The molecular formula is C12H19N3O4S. The first-order valence-corrected chi connectivity index (χ1v) is 7.99. The molecule has 1 aliphatic heterocycles. The molecule has 0 amide bonds. The first-order chi connectivity index (χ1) is 9.27. The summed E-state index contributed by atoms with van der Waals surface area (Å²) in [6, 6.07) is 0. The molecule has 0 saturated carbocycles. The van der Waals surface area contributed by atoms with Crippen molar-refractivity contribution < 1.29 is 18.3 Å². The predicted molar refractivity (Wildman–Crippen MR) is 71.8 cm³/mol. The number of hydrogen-bond donors (Lipinski definition) is 2. The summed E-state index contributed by atoms with van der Waals surface area (Å²) in [5.41, 5.74) is -0.538. The zero-order valence-corrected chi connectivity index (χ0v) is 12.6. The van der Waals surface area contributed by atoms with Gasteiger partial charge in [0.25, 0.3) is 0 Å². The molecule has 1 saturated heterocycles. The highest BCUT2D eigenvalue weighted by atomic mass is 32.2. The first kappa shape index (κ1) is 15.0. The van der Waals surface area contributed by atoms with E-state index in [4.69, 9.17) is 0 Å². The summed E-state index contributed by atoms with van der Waals surface area (Å²) in [5.74, 6) is -1.08. The van der Waals surface area contributed by atoms with Gasteiger partial charge < -0.3 is 5.11 Å². The molecule has 2 heterocycles. The number of aromatic nitrogens is 2. The van der Waals surface area contributed by atoms with Gasteiger partial charge >= 0.3 is 5.97 Å². The number of carboxylic acids is 1. The van der Waals surface area contributed by atoms with E-state index in [0.717, 1.165) is 4.31 Å². The molecule has 7 nitrogen and oxygen atoms in total. The minimum Gasteiger partial charge on any atom is -0.480 e. The fraction of sp³-hybridized carbons (Fsp3) is 0.667. The minimum atomic E-state index is -3.86. The monoisotopic (exact) mass is 301 g/mol. The molecule has 112 valence electrons. The molecule has 20 heavy (non-hydrogen) atoms. The van der Waals surface area contributed by atoms with Crippen LogP contribution in [0.2, 0.25) is 0 Å². The lowest BCUT2D eigenvalue weighted by Gasteiger charge is -2.32. The maximum Gasteiger partial charge on any atom is 0.325 e. The Morgan fingerprint density at radius 3 is 2.60 bits per heavy atom. The van der Waals surface area contributed by atoms with Gasteiger partial charge in [0, 0.05) is 6.54 Å². The maximum absolute atomic E-state index is 12.8. The molecule has 2 N–H and O–H groups in total. The van der Waals surface area contributed by atoms with Crippen LogP contribution in [0.1, 0.15) is 37.6 Å². The van der Waals surface area contributed by atoms with Crippen LogP contribution in [0, 0.1) is 13.8 Å². The van der Waals surface area contributed by atoms with Crippen LogP contribution in [0.3, 0.4) is 0 Å². The molecule has 1 aromatic heterocycles. The van der Waals surface area contributed by atoms with Crippen molar-refractivity contribution in [1.29, 1.82) is 0 Å². The number of carboxylic acid groups (broad SMARTS) is 1. The number of carbonyl (C=O) groups is 1. The van der Waals surface area contributed by atoms with E-state index in [0.29, 0.717) is 24.2 Å². The number of rotatable bonds is 4. The lowest BCUT2D eigenvalue weighted by Crippen LogP contribution is -2.52. The van der Waals surface area contributed by atoms with Crippen molar-refractivity contribution in [2.45, 2.75) is 50.5 Å². The van der Waals surface area contributed by atoms with Crippen LogP contribution in [-0.2, 0) is 14.8 Å². The standard InChI is InChI=1S/C12H19N3O4S/c1-4-12(11(16)17)6-5-7-15(12)20(18,19)10-8(2)13-14-9(10)3/h4-7H2,1-3H3,(H,13,14)(H,16,17). The van der Waals surface area contributed by atoms with Gasteiger partial charge in [-0.3, -0.25) is 9.89 Å². The Kier molecular flexibility index (Phi) is 3.64. The van der Waals surface area contributed by atoms with Crippen molar-refractivity contribution in [1.82, 2.24) is 14.5 Å². The van der Waals surface area contributed by atoms with E-state index in [-0.39, 0.29) is 17.9 Å². The third-order valence-electron chi connectivity index (χ3n) is 4.02. The second-order valence-electron chi connectivity index (χ2n) is 5.13. The van der Waals surface area contributed by atoms with E-state index < -0.39 is 21.5 Å². The van der Waals surface area contributed by atoms with Gasteiger partial charge in [-0.1, -0.05) is 6.92 Å². The molecule has 0 aliphatic carbocycles. The SMILES string of the molecule is CCC1(C(=O)O)CCCN1S(=O)(=O)c1c(C)n[nH]c1C. The van der Waals surface area contributed by atoms with E-state index in [1.165, 1.54) is 0 Å². The minimum absolute atomic E-state index is 0.0958. The Hall–Kier alpha value is -1.41. The van der Waals surface area contributed by atoms with Gasteiger partial charge in [-0.05, 0) is 33.1 Å². The van der Waals surface area contributed by atoms with Crippen molar-refractivity contribution in [3.63, 3.8) is 0 Å². The fourth-order valence-electron chi connectivity index (χ4n) is 2.95. The van der Waals surface area contributed by atoms with E-state index in [1.807, 2.05) is 0 Å². The van der Waals surface area contributed by atoms with Gasteiger partial charge in [-0.2, -0.15) is 9.40 Å². The Morgan fingerprint density at radius 1 is 1.50 bits per heavy atom. The van der Waals surface area contributed by atoms with E-state index in [2.05, 4.69) is 10.2 Å². The van der Waals surface area contributed by atoms with Gasteiger partial charge in [-0.25, -0.2) is 8.42 Å². The Morgan fingerprint density at radius 2 is 2.15 bits per heavy atom. The lowest BCUT2D eigenvalue weighted by atomic mass is 9.95. The molecule has 1 aromatic rings. The van der Waals surface area contributed by atoms with Crippen LogP contribution in [0.15, 0.2) is 4.90 Å². The quantitative estimate of drug-likeness (QED) is 0.865. The molecule has 0 aromatic carbocycles. The number of aromatic amines is 1. The van der Waals surface area contributed by atoms with Crippen molar-refractivity contribution >= 4 is 16.0 Å². The Balaban J connectivity index is 2.57. The number of aryl methyl sites for hydroxylation is 2. The van der Waals surface area contributed by atoms with Gasteiger partial charge in [0.1, 0.15) is 10.4 Å². The van der Waals surface area contributed by atoms with Crippen molar-refractivity contribution in [3.05, 3.63) is 11.4 Å². The number of H-pyrrole nitrogens is 1. The van der Waals surface area contributed by atoms with Crippen molar-refractivity contribution in [3.8, 4) is 0 Å². The second-order valence-corrected chi connectivity index (χ2v) is 6.93. The molecule has 1 fully saturated rings. The zero-order chi connectivity index (χ0) is 15.1. The van der Waals surface area contributed by atoms with E-state index in [1.54, 1.807) is 20.8 Å². The molecule has 0 spiro atoms. The molecule has 0 radical (unpaired) electrons. The maximum atomic E-state index is 12.8. The highest BCUT2D eigenvalue weighted by Crippen LogP contribution is 2.38. The van der Waals surface area contributed by atoms with Crippen LogP contribution in [0.5, 0.6) is 0 Å².